The number of hydrogen-bond acceptors (Lipinski definition) is 3. The van der Waals surface area contributed by atoms with Crippen LogP contribution < -0.4 is 10.2 Å². The number of benzene rings is 1. The van der Waals surface area contributed by atoms with Gasteiger partial charge in [-0.25, -0.2) is 4.39 Å². The summed E-state index contributed by atoms with van der Waals surface area (Å²) in [5, 5.41) is 5.39. The number of halogens is 1. The van der Waals surface area contributed by atoms with Crippen molar-refractivity contribution in [1.29, 1.82) is 0 Å². The first-order valence-corrected chi connectivity index (χ1v) is 8.26. The second-order valence-corrected chi connectivity index (χ2v) is 6.28. The molecule has 2 aromatic rings. The average Bonchev–Trinajstić information content (AvgIpc) is 2.99. The van der Waals surface area contributed by atoms with Gasteiger partial charge in [-0.15, -0.1) is 11.3 Å². The van der Waals surface area contributed by atoms with Crippen LogP contribution in [0.25, 0.3) is 0 Å². The smallest absolute Gasteiger partial charge is 0.125 e. The highest BCUT2D eigenvalue weighted by Gasteiger charge is 2.14. The van der Waals surface area contributed by atoms with Gasteiger partial charge in [0.05, 0.1) is 6.04 Å². The molecule has 21 heavy (non-hydrogen) atoms. The first-order valence-electron chi connectivity index (χ1n) is 7.38. The van der Waals surface area contributed by atoms with Crippen molar-refractivity contribution in [2.75, 3.05) is 18.5 Å². The Morgan fingerprint density at radius 1 is 1.33 bits per heavy atom. The van der Waals surface area contributed by atoms with Gasteiger partial charge < -0.3 is 10.2 Å². The summed E-state index contributed by atoms with van der Waals surface area (Å²) < 4.78 is 13.9. The van der Waals surface area contributed by atoms with Crippen LogP contribution >= 0.6 is 11.3 Å². The Hall–Kier alpha value is -1.39. The zero-order valence-electron chi connectivity index (χ0n) is 12.9. The van der Waals surface area contributed by atoms with Crippen LogP contribution in [0.5, 0.6) is 0 Å². The molecule has 1 unspecified atom stereocenters. The van der Waals surface area contributed by atoms with Crippen LogP contribution in [0.15, 0.2) is 35.7 Å². The summed E-state index contributed by atoms with van der Waals surface area (Å²) in [7, 11) is 2.02. The quantitative estimate of drug-likeness (QED) is 0.753. The van der Waals surface area contributed by atoms with Crippen molar-refractivity contribution < 1.29 is 4.39 Å². The lowest BCUT2D eigenvalue weighted by molar-refractivity contribution is 0.617. The molecule has 0 saturated carbocycles. The van der Waals surface area contributed by atoms with E-state index in [0.717, 1.165) is 24.2 Å². The number of nitrogens with zero attached hydrogens (tertiary/aromatic N) is 1. The Labute approximate surface area is 130 Å². The third kappa shape index (κ3) is 4.29. The Balaban J connectivity index is 2.14. The third-order valence-corrected chi connectivity index (χ3v) is 4.68. The Morgan fingerprint density at radius 3 is 2.81 bits per heavy atom. The Kier molecular flexibility index (Phi) is 5.76. The van der Waals surface area contributed by atoms with E-state index in [1.54, 1.807) is 23.5 Å². The second kappa shape index (κ2) is 7.57. The molecule has 0 bridgehead atoms. The van der Waals surface area contributed by atoms with Gasteiger partial charge in [-0.3, -0.25) is 0 Å². The molecule has 0 amide bonds. The molecule has 4 heteroatoms. The maximum absolute atomic E-state index is 13.9. The van der Waals surface area contributed by atoms with E-state index in [-0.39, 0.29) is 11.9 Å². The van der Waals surface area contributed by atoms with Crippen molar-refractivity contribution in [1.82, 2.24) is 5.32 Å². The minimum Gasteiger partial charge on any atom is -0.367 e. The molecule has 1 aromatic heterocycles. The van der Waals surface area contributed by atoms with Crippen molar-refractivity contribution in [2.45, 2.75) is 32.9 Å². The molecular formula is C17H23FN2S. The molecular weight excluding hydrogens is 283 g/mol. The van der Waals surface area contributed by atoms with Crippen LogP contribution in [0.4, 0.5) is 10.1 Å². The summed E-state index contributed by atoms with van der Waals surface area (Å²) >= 11 is 1.73. The highest BCUT2D eigenvalue weighted by molar-refractivity contribution is 7.10. The van der Waals surface area contributed by atoms with E-state index in [0.29, 0.717) is 6.54 Å². The van der Waals surface area contributed by atoms with Gasteiger partial charge in [-0.1, -0.05) is 13.0 Å². The summed E-state index contributed by atoms with van der Waals surface area (Å²) in [5.74, 6) is -0.175. The van der Waals surface area contributed by atoms with Gasteiger partial charge in [0.2, 0.25) is 0 Å². The Morgan fingerprint density at radius 2 is 2.14 bits per heavy atom. The van der Waals surface area contributed by atoms with Gasteiger partial charge >= 0.3 is 0 Å². The van der Waals surface area contributed by atoms with E-state index in [9.17, 15) is 4.39 Å². The minimum atomic E-state index is -0.175. The summed E-state index contributed by atoms with van der Waals surface area (Å²) in [4.78, 5) is 3.41. The highest BCUT2D eigenvalue weighted by Crippen LogP contribution is 2.29. The monoisotopic (exact) mass is 306 g/mol. The SMILES string of the molecule is CCCNCc1cc(F)cc(N(C)C(C)c2cccs2)c1. The first kappa shape index (κ1) is 16.0. The summed E-state index contributed by atoms with van der Waals surface area (Å²) in [5.41, 5.74) is 1.91. The fourth-order valence-corrected chi connectivity index (χ4v) is 3.12. The van der Waals surface area contributed by atoms with Gasteiger partial charge in [-0.2, -0.15) is 0 Å². The average molecular weight is 306 g/mol. The van der Waals surface area contributed by atoms with E-state index >= 15 is 0 Å². The molecule has 1 N–H and O–H groups in total. The zero-order valence-corrected chi connectivity index (χ0v) is 13.7. The fourth-order valence-electron chi connectivity index (χ4n) is 2.29. The molecule has 0 radical (unpaired) electrons. The maximum Gasteiger partial charge on any atom is 0.125 e. The zero-order chi connectivity index (χ0) is 15.2. The van der Waals surface area contributed by atoms with Crippen molar-refractivity contribution in [3.05, 3.63) is 52.0 Å². The molecule has 0 aliphatic carbocycles. The van der Waals surface area contributed by atoms with Gasteiger partial charge in [0, 0.05) is 24.2 Å². The van der Waals surface area contributed by atoms with Crippen molar-refractivity contribution in [2.24, 2.45) is 0 Å². The molecule has 0 aliphatic rings. The summed E-state index contributed by atoms with van der Waals surface area (Å²) in [6.45, 7) is 5.93. The van der Waals surface area contributed by atoms with E-state index in [2.05, 4.69) is 47.6 Å². The summed E-state index contributed by atoms with van der Waals surface area (Å²) in [6, 6.07) is 9.69. The lowest BCUT2D eigenvalue weighted by atomic mass is 10.1. The van der Waals surface area contributed by atoms with Crippen molar-refractivity contribution >= 4 is 17.0 Å². The first-order chi connectivity index (χ1) is 10.1. The number of nitrogens with one attached hydrogen (secondary N) is 1. The molecule has 2 rings (SSSR count). The van der Waals surface area contributed by atoms with Crippen LogP contribution in [0.2, 0.25) is 0 Å². The molecule has 1 heterocycles. The van der Waals surface area contributed by atoms with E-state index in [1.165, 1.54) is 4.88 Å². The lowest BCUT2D eigenvalue weighted by Crippen LogP contribution is -2.21. The predicted molar refractivity (Wildman–Crippen MR) is 89.5 cm³/mol. The van der Waals surface area contributed by atoms with E-state index in [4.69, 9.17) is 0 Å². The van der Waals surface area contributed by atoms with Crippen LogP contribution in [-0.4, -0.2) is 13.6 Å². The lowest BCUT2D eigenvalue weighted by Gasteiger charge is -2.27. The number of thiophene rings is 1. The highest BCUT2D eigenvalue weighted by atomic mass is 32.1. The largest absolute Gasteiger partial charge is 0.367 e. The van der Waals surface area contributed by atoms with Gasteiger partial charge in [0.15, 0.2) is 0 Å². The molecule has 114 valence electrons. The molecule has 0 aliphatic heterocycles. The standard InChI is InChI=1S/C17H23FN2S/c1-4-7-19-12-14-9-15(18)11-16(10-14)20(3)13(2)17-6-5-8-21-17/h5-6,8-11,13,19H,4,7,12H2,1-3H3. The van der Waals surface area contributed by atoms with Gasteiger partial charge in [0.25, 0.3) is 0 Å². The molecule has 2 nitrogen and oxygen atoms in total. The van der Waals surface area contributed by atoms with E-state index in [1.807, 2.05) is 7.05 Å². The van der Waals surface area contributed by atoms with Crippen LogP contribution in [0.3, 0.4) is 0 Å². The number of rotatable bonds is 7. The minimum absolute atomic E-state index is 0.175. The topological polar surface area (TPSA) is 15.3 Å². The van der Waals surface area contributed by atoms with Gasteiger partial charge in [-0.05, 0) is 55.1 Å². The van der Waals surface area contributed by atoms with Crippen LogP contribution in [0.1, 0.15) is 36.8 Å². The molecule has 0 saturated heterocycles. The predicted octanol–water partition coefficient (Wildman–Crippen LogP) is 4.58. The van der Waals surface area contributed by atoms with Crippen LogP contribution in [0, 0.1) is 5.82 Å². The summed E-state index contributed by atoms with van der Waals surface area (Å²) in [6.07, 6.45) is 1.08. The van der Waals surface area contributed by atoms with Crippen molar-refractivity contribution in [3.8, 4) is 0 Å². The number of hydrogen-bond donors (Lipinski definition) is 1. The van der Waals surface area contributed by atoms with Crippen LogP contribution in [-0.2, 0) is 6.54 Å². The Bertz CT molecular complexity index is 554. The maximum atomic E-state index is 13.9. The molecule has 1 aromatic carbocycles. The third-order valence-electron chi connectivity index (χ3n) is 3.64. The molecule has 1 atom stereocenters. The molecule has 0 spiro atoms. The second-order valence-electron chi connectivity index (χ2n) is 5.30. The van der Waals surface area contributed by atoms with E-state index < -0.39 is 0 Å². The molecule has 0 fully saturated rings. The normalized spacial score (nSPS) is 12.4. The van der Waals surface area contributed by atoms with Gasteiger partial charge in [0.1, 0.15) is 5.82 Å². The number of anilines is 1. The van der Waals surface area contributed by atoms with Crippen molar-refractivity contribution in [3.63, 3.8) is 0 Å². The fraction of sp³-hybridized carbons (Fsp3) is 0.412.